The van der Waals surface area contributed by atoms with E-state index < -0.39 is 27.9 Å². The molecule has 1 heterocycles. The van der Waals surface area contributed by atoms with Crippen LogP contribution >= 0.6 is 0 Å². The Morgan fingerprint density at radius 1 is 0.946 bits per heavy atom. The fraction of sp³-hybridized carbons (Fsp3) is 0.250. The molecule has 3 amide bonds. The Hall–Kier alpha value is -3.98. The zero-order valence-electron chi connectivity index (χ0n) is 20.8. The van der Waals surface area contributed by atoms with E-state index >= 15 is 0 Å². The van der Waals surface area contributed by atoms with Crippen molar-refractivity contribution in [3.8, 4) is 0 Å². The molecular weight excluding hydrogens is 490 g/mol. The van der Waals surface area contributed by atoms with Gasteiger partial charge < -0.3 is 10.2 Å². The molecule has 4 rings (SSSR count). The highest BCUT2D eigenvalue weighted by molar-refractivity contribution is 7.90. The third kappa shape index (κ3) is 5.41. The second-order valence-corrected chi connectivity index (χ2v) is 10.7. The van der Waals surface area contributed by atoms with Crippen molar-refractivity contribution >= 4 is 27.7 Å². The molecule has 3 aromatic rings. The zero-order valence-corrected chi connectivity index (χ0v) is 21.6. The third-order valence-corrected chi connectivity index (χ3v) is 8.40. The van der Waals surface area contributed by atoms with Crippen LogP contribution in [0.5, 0.6) is 0 Å². The second-order valence-electron chi connectivity index (χ2n) is 8.90. The van der Waals surface area contributed by atoms with Crippen LogP contribution in [0.4, 0.5) is 0 Å². The van der Waals surface area contributed by atoms with Crippen molar-refractivity contribution in [2.75, 3.05) is 13.6 Å². The summed E-state index contributed by atoms with van der Waals surface area (Å²) in [5.41, 5.74) is 2.81. The van der Waals surface area contributed by atoms with Gasteiger partial charge in [0.05, 0.1) is 5.56 Å². The van der Waals surface area contributed by atoms with Gasteiger partial charge in [0.25, 0.3) is 15.9 Å². The summed E-state index contributed by atoms with van der Waals surface area (Å²) >= 11 is 0. The van der Waals surface area contributed by atoms with Crippen molar-refractivity contribution in [1.29, 1.82) is 0 Å². The SMILES string of the molecule is CNC(=O)[C@@H](Cc1ccccc1)N(Cc1ccccc1C)C(=O)CCN1C(=O)c2ccccc2S1(=O)=O. The fourth-order valence-corrected chi connectivity index (χ4v) is 6.05. The molecule has 0 unspecified atom stereocenters. The quantitative estimate of drug-likeness (QED) is 0.468. The molecule has 0 bridgehead atoms. The molecule has 1 aliphatic heterocycles. The van der Waals surface area contributed by atoms with Crippen LogP contribution in [0.25, 0.3) is 0 Å². The lowest BCUT2D eigenvalue weighted by Gasteiger charge is -2.32. The van der Waals surface area contributed by atoms with E-state index in [2.05, 4.69) is 5.32 Å². The number of carbonyl (C=O) groups excluding carboxylic acids is 3. The van der Waals surface area contributed by atoms with E-state index in [0.29, 0.717) is 0 Å². The van der Waals surface area contributed by atoms with Crippen LogP contribution < -0.4 is 5.32 Å². The van der Waals surface area contributed by atoms with Gasteiger partial charge in [-0.3, -0.25) is 14.4 Å². The lowest BCUT2D eigenvalue weighted by molar-refractivity contribution is -0.141. The van der Waals surface area contributed by atoms with Crippen LogP contribution in [-0.2, 0) is 32.6 Å². The summed E-state index contributed by atoms with van der Waals surface area (Å²) in [7, 11) is -2.52. The summed E-state index contributed by atoms with van der Waals surface area (Å²) in [6.07, 6.45) is 0.0254. The zero-order chi connectivity index (χ0) is 26.6. The van der Waals surface area contributed by atoms with Gasteiger partial charge >= 0.3 is 0 Å². The monoisotopic (exact) mass is 519 g/mol. The van der Waals surface area contributed by atoms with E-state index in [4.69, 9.17) is 0 Å². The Labute approximate surface area is 217 Å². The van der Waals surface area contributed by atoms with Crippen molar-refractivity contribution < 1.29 is 22.8 Å². The standard InChI is InChI=1S/C28H29N3O5S/c1-20-10-6-7-13-22(20)19-30(24(27(33)29-2)18-21-11-4-3-5-12-21)26(32)16-17-31-28(34)23-14-8-9-15-25(23)37(31,35)36/h3-15,24H,16-19H2,1-2H3,(H,29,33)/t24-/m1/s1. The minimum Gasteiger partial charge on any atom is -0.357 e. The molecule has 1 atom stereocenters. The van der Waals surface area contributed by atoms with Crippen LogP contribution in [0.15, 0.2) is 83.8 Å². The number of aryl methyl sites for hydroxylation is 1. The maximum absolute atomic E-state index is 13.7. The molecular formula is C28H29N3O5S. The molecule has 37 heavy (non-hydrogen) atoms. The number of amides is 3. The Morgan fingerprint density at radius 2 is 1.59 bits per heavy atom. The average Bonchev–Trinajstić information content (AvgIpc) is 3.10. The van der Waals surface area contributed by atoms with Gasteiger partial charge in [-0.05, 0) is 35.7 Å². The molecule has 0 aromatic heterocycles. The third-order valence-electron chi connectivity index (χ3n) is 6.56. The first-order chi connectivity index (χ1) is 17.7. The van der Waals surface area contributed by atoms with Gasteiger partial charge in [-0.15, -0.1) is 0 Å². The van der Waals surface area contributed by atoms with Crippen molar-refractivity contribution in [2.45, 2.75) is 37.2 Å². The number of fused-ring (bicyclic) bond motifs is 1. The molecule has 8 nitrogen and oxygen atoms in total. The highest BCUT2D eigenvalue weighted by Gasteiger charge is 2.41. The summed E-state index contributed by atoms with van der Waals surface area (Å²) in [5.74, 6) is -1.41. The number of benzene rings is 3. The predicted molar refractivity (Wildman–Crippen MR) is 139 cm³/mol. The maximum atomic E-state index is 13.7. The number of hydrogen-bond acceptors (Lipinski definition) is 5. The molecule has 0 spiro atoms. The van der Waals surface area contributed by atoms with Gasteiger partial charge in [0.1, 0.15) is 10.9 Å². The van der Waals surface area contributed by atoms with E-state index in [1.165, 1.54) is 24.1 Å². The number of sulfonamides is 1. The summed E-state index contributed by atoms with van der Waals surface area (Å²) in [5, 5.41) is 2.66. The highest BCUT2D eigenvalue weighted by atomic mass is 32.2. The molecule has 0 fully saturated rings. The first kappa shape index (κ1) is 26.1. The first-order valence-corrected chi connectivity index (χ1v) is 13.4. The normalized spacial score (nSPS) is 14.6. The molecule has 1 aliphatic rings. The first-order valence-electron chi connectivity index (χ1n) is 12.0. The van der Waals surface area contributed by atoms with E-state index in [-0.39, 0.29) is 42.3 Å². The Morgan fingerprint density at radius 3 is 2.27 bits per heavy atom. The molecule has 9 heteroatoms. The van der Waals surface area contributed by atoms with E-state index in [1.54, 1.807) is 12.1 Å². The summed E-state index contributed by atoms with van der Waals surface area (Å²) in [6, 6.07) is 22.1. The average molecular weight is 520 g/mol. The number of hydrogen-bond donors (Lipinski definition) is 1. The maximum Gasteiger partial charge on any atom is 0.269 e. The largest absolute Gasteiger partial charge is 0.357 e. The van der Waals surface area contributed by atoms with Crippen molar-refractivity contribution in [3.05, 3.63) is 101 Å². The minimum absolute atomic E-state index is 0.0588. The van der Waals surface area contributed by atoms with E-state index in [0.717, 1.165) is 21.0 Å². The lowest BCUT2D eigenvalue weighted by atomic mass is 10.0. The minimum atomic E-state index is -4.04. The molecule has 192 valence electrons. The van der Waals surface area contributed by atoms with Crippen molar-refractivity contribution in [3.63, 3.8) is 0 Å². The Bertz CT molecular complexity index is 1420. The van der Waals surface area contributed by atoms with Gasteiger partial charge in [0.15, 0.2) is 0 Å². The molecule has 0 radical (unpaired) electrons. The van der Waals surface area contributed by atoms with Crippen LogP contribution in [0.1, 0.15) is 33.5 Å². The second kappa shape index (κ2) is 11.0. The van der Waals surface area contributed by atoms with Gasteiger partial charge in [-0.2, -0.15) is 0 Å². The molecule has 3 aromatic carbocycles. The van der Waals surface area contributed by atoms with Crippen LogP contribution in [-0.4, -0.2) is 55.0 Å². The number of nitrogens with one attached hydrogen (secondary N) is 1. The summed E-state index contributed by atoms with van der Waals surface area (Å²) in [4.78, 5) is 40.9. The van der Waals surface area contributed by atoms with Gasteiger partial charge in [0.2, 0.25) is 11.8 Å². The lowest BCUT2D eigenvalue weighted by Crippen LogP contribution is -2.50. The Balaban J connectivity index is 1.62. The van der Waals surface area contributed by atoms with Crippen LogP contribution in [0.2, 0.25) is 0 Å². The highest BCUT2D eigenvalue weighted by Crippen LogP contribution is 2.30. The topological polar surface area (TPSA) is 104 Å². The number of carbonyl (C=O) groups is 3. The smallest absolute Gasteiger partial charge is 0.269 e. The van der Waals surface area contributed by atoms with Gasteiger partial charge in [0, 0.05) is 33.0 Å². The molecule has 0 saturated heterocycles. The Kier molecular flexibility index (Phi) is 7.73. The number of likely N-dealkylation sites (N-methyl/N-ethyl adjacent to an activating group) is 1. The fourth-order valence-electron chi connectivity index (χ4n) is 4.48. The molecule has 0 saturated carbocycles. The van der Waals surface area contributed by atoms with Gasteiger partial charge in [-0.25, -0.2) is 12.7 Å². The van der Waals surface area contributed by atoms with Crippen LogP contribution in [0.3, 0.4) is 0 Å². The predicted octanol–water partition coefficient (Wildman–Crippen LogP) is 2.92. The van der Waals surface area contributed by atoms with E-state index in [1.807, 2.05) is 61.5 Å². The van der Waals surface area contributed by atoms with E-state index in [9.17, 15) is 22.8 Å². The molecule has 1 N–H and O–H groups in total. The molecule has 0 aliphatic carbocycles. The van der Waals surface area contributed by atoms with Crippen LogP contribution in [0, 0.1) is 6.92 Å². The van der Waals surface area contributed by atoms with Crippen molar-refractivity contribution in [2.24, 2.45) is 0 Å². The summed E-state index contributed by atoms with van der Waals surface area (Å²) in [6.45, 7) is 1.78. The van der Waals surface area contributed by atoms with Crippen molar-refractivity contribution in [1.82, 2.24) is 14.5 Å². The number of rotatable bonds is 9. The summed E-state index contributed by atoms with van der Waals surface area (Å²) < 4.78 is 26.7. The van der Waals surface area contributed by atoms with Gasteiger partial charge in [-0.1, -0.05) is 66.7 Å². The number of nitrogens with zero attached hydrogens (tertiary/aromatic N) is 2.